The number of hydrogen-bond donors (Lipinski definition) is 0. The van der Waals surface area contributed by atoms with Crippen molar-refractivity contribution in [1.82, 2.24) is 9.78 Å². The summed E-state index contributed by atoms with van der Waals surface area (Å²) in [7, 11) is 1.59. The first-order chi connectivity index (χ1) is 17.9. The molecular weight excluding hydrogens is 472 g/mol. The number of nitrogens with zero attached hydrogens (tertiary/aromatic N) is 4. The van der Waals surface area contributed by atoms with E-state index in [9.17, 15) is 14.4 Å². The second kappa shape index (κ2) is 10.1. The number of esters is 1. The van der Waals surface area contributed by atoms with Gasteiger partial charge in [0.15, 0.2) is 5.69 Å². The van der Waals surface area contributed by atoms with Crippen LogP contribution in [0.5, 0.6) is 5.75 Å². The minimum Gasteiger partial charge on any atom is -0.497 e. The predicted molar refractivity (Wildman–Crippen MR) is 139 cm³/mol. The number of amides is 2. The number of ether oxygens (including phenoxy) is 2. The molecule has 0 bridgehead atoms. The zero-order valence-electron chi connectivity index (χ0n) is 21.3. The van der Waals surface area contributed by atoms with Crippen LogP contribution in [0.4, 0.5) is 11.4 Å². The van der Waals surface area contributed by atoms with Crippen molar-refractivity contribution in [2.45, 2.75) is 39.5 Å². The fraction of sp³-hybridized carbons (Fsp3) is 0.357. The van der Waals surface area contributed by atoms with Gasteiger partial charge in [0.1, 0.15) is 11.4 Å². The van der Waals surface area contributed by atoms with E-state index in [0.29, 0.717) is 48.6 Å². The Morgan fingerprint density at radius 2 is 1.70 bits per heavy atom. The highest BCUT2D eigenvalue weighted by Gasteiger charge is 2.36. The maximum Gasteiger partial charge on any atom is 0.359 e. The number of aryl methyl sites for hydroxylation is 1. The average molecular weight is 503 g/mol. The first kappa shape index (κ1) is 24.5. The third kappa shape index (κ3) is 4.45. The molecule has 0 N–H and O–H groups in total. The molecule has 2 aliphatic rings. The number of piperidine rings is 1. The number of anilines is 2. The van der Waals surface area contributed by atoms with Gasteiger partial charge in [-0.1, -0.05) is 0 Å². The lowest BCUT2D eigenvalue weighted by molar-refractivity contribution is -0.119. The summed E-state index contributed by atoms with van der Waals surface area (Å²) in [5, 5.41) is 4.57. The summed E-state index contributed by atoms with van der Waals surface area (Å²) < 4.78 is 12.1. The Morgan fingerprint density at radius 3 is 2.35 bits per heavy atom. The van der Waals surface area contributed by atoms with Crippen LogP contribution in [0.1, 0.15) is 58.3 Å². The van der Waals surface area contributed by atoms with Crippen LogP contribution in [0.15, 0.2) is 42.5 Å². The van der Waals surface area contributed by atoms with Crippen LogP contribution < -0.4 is 14.5 Å². The monoisotopic (exact) mass is 502 g/mol. The topological polar surface area (TPSA) is 94.0 Å². The molecule has 0 spiro atoms. The first-order valence-electron chi connectivity index (χ1n) is 12.6. The SMILES string of the molecule is CCOC(=O)c1nn(-c2ccc(OC)cc2C)c2c1CCN(c1ccc(N3CCCCC3=O)cc1)C2=O. The van der Waals surface area contributed by atoms with Crippen molar-refractivity contribution < 1.29 is 23.9 Å². The van der Waals surface area contributed by atoms with E-state index in [1.54, 1.807) is 34.6 Å². The number of aromatic nitrogens is 2. The minimum atomic E-state index is -0.541. The van der Waals surface area contributed by atoms with Gasteiger partial charge in [-0.3, -0.25) is 9.59 Å². The fourth-order valence-electron chi connectivity index (χ4n) is 5.03. The van der Waals surface area contributed by atoms with E-state index in [-0.39, 0.29) is 24.1 Å². The summed E-state index contributed by atoms with van der Waals surface area (Å²) >= 11 is 0. The van der Waals surface area contributed by atoms with Gasteiger partial charge in [-0.05, 0) is 81.1 Å². The molecule has 3 heterocycles. The van der Waals surface area contributed by atoms with Crippen molar-refractivity contribution in [2.75, 3.05) is 36.6 Å². The molecule has 37 heavy (non-hydrogen) atoms. The van der Waals surface area contributed by atoms with Gasteiger partial charge in [0, 0.05) is 36.4 Å². The van der Waals surface area contributed by atoms with Gasteiger partial charge in [-0.25, -0.2) is 9.48 Å². The summed E-state index contributed by atoms with van der Waals surface area (Å²) in [4.78, 5) is 42.5. The second-order valence-electron chi connectivity index (χ2n) is 9.19. The molecule has 0 atom stereocenters. The first-order valence-corrected chi connectivity index (χ1v) is 12.6. The zero-order valence-corrected chi connectivity index (χ0v) is 21.3. The van der Waals surface area contributed by atoms with Crippen LogP contribution in [-0.4, -0.2) is 54.4 Å². The maximum absolute atomic E-state index is 13.9. The summed E-state index contributed by atoms with van der Waals surface area (Å²) in [6, 6.07) is 13.0. The maximum atomic E-state index is 13.9. The second-order valence-corrected chi connectivity index (χ2v) is 9.19. The number of hydrogen-bond acceptors (Lipinski definition) is 6. The summed E-state index contributed by atoms with van der Waals surface area (Å²) in [6.07, 6.45) is 2.93. The van der Waals surface area contributed by atoms with Crippen LogP contribution >= 0.6 is 0 Å². The summed E-state index contributed by atoms with van der Waals surface area (Å²) in [5.41, 5.74) is 4.19. The lowest BCUT2D eigenvalue weighted by Crippen LogP contribution is -2.39. The highest BCUT2D eigenvalue weighted by Crippen LogP contribution is 2.32. The van der Waals surface area contributed by atoms with Crippen LogP contribution in [0.25, 0.3) is 5.69 Å². The van der Waals surface area contributed by atoms with E-state index in [1.807, 2.05) is 43.3 Å². The zero-order chi connectivity index (χ0) is 26.1. The van der Waals surface area contributed by atoms with Gasteiger partial charge < -0.3 is 19.3 Å². The van der Waals surface area contributed by atoms with Crippen LogP contribution in [0.2, 0.25) is 0 Å². The average Bonchev–Trinajstić information content (AvgIpc) is 3.30. The molecule has 1 saturated heterocycles. The Bertz CT molecular complexity index is 1360. The molecule has 2 amide bonds. The lowest BCUT2D eigenvalue weighted by Gasteiger charge is -2.30. The molecule has 9 heteroatoms. The molecule has 0 radical (unpaired) electrons. The van der Waals surface area contributed by atoms with E-state index in [2.05, 4.69) is 5.10 Å². The molecule has 0 saturated carbocycles. The molecule has 1 fully saturated rings. The number of carbonyl (C=O) groups is 3. The molecule has 5 rings (SSSR count). The van der Waals surface area contributed by atoms with Crippen LogP contribution in [0, 0.1) is 6.92 Å². The van der Waals surface area contributed by atoms with Gasteiger partial charge in [0.25, 0.3) is 5.91 Å². The Balaban J connectivity index is 1.53. The molecular formula is C28H30N4O5. The normalized spacial score (nSPS) is 15.5. The highest BCUT2D eigenvalue weighted by molar-refractivity contribution is 6.09. The molecule has 3 aromatic rings. The van der Waals surface area contributed by atoms with Gasteiger partial charge >= 0.3 is 5.97 Å². The predicted octanol–water partition coefficient (Wildman–Crippen LogP) is 4.09. The molecule has 0 aliphatic carbocycles. The quantitative estimate of drug-likeness (QED) is 0.472. The van der Waals surface area contributed by atoms with Crippen molar-refractivity contribution in [3.63, 3.8) is 0 Å². The third-order valence-electron chi connectivity index (χ3n) is 6.91. The van der Waals surface area contributed by atoms with Gasteiger partial charge in [0.05, 0.1) is 19.4 Å². The Kier molecular flexibility index (Phi) is 6.69. The smallest absolute Gasteiger partial charge is 0.359 e. The molecule has 9 nitrogen and oxygen atoms in total. The van der Waals surface area contributed by atoms with E-state index in [4.69, 9.17) is 9.47 Å². The van der Waals surface area contributed by atoms with Gasteiger partial charge in [-0.2, -0.15) is 5.10 Å². The van der Waals surface area contributed by atoms with Gasteiger partial charge in [-0.15, -0.1) is 0 Å². The number of carbonyl (C=O) groups excluding carboxylic acids is 3. The Morgan fingerprint density at radius 1 is 0.973 bits per heavy atom. The lowest BCUT2D eigenvalue weighted by atomic mass is 10.0. The molecule has 192 valence electrons. The van der Waals surface area contributed by atoms with Gasteiger partial charge in [0.2, 0.25) is 5.91 Å². The fourth-order valence-corrected chi connectivity index (χ4v) is 5.03. The van der Waals surface area contributed by atoms with Crippen LogP contribution in [0.3, 0.4) is 0 Å². The van der Waals surface area contributed by atoms with Crippen molar-refractivity contribution in [3.05, 3.63) is 65.0 Å². The Hall–Kier alpha value is -4.14. The molecule has 2 aliphatic heterocycles. The summed E-state index contributed by atoms with van der Waals surface area (Å²) in [6.45, 7) is 4.97. The van der Waals surface area contributed by atoms with E-state index >= 15 is 0 Å². The van der Waals surface area contributed by atoms with Crippen molar-refractivity contribution in [3.8, 4) is 11.4 Å². The number of benzene rings is 2. The largest absolute Gasteiger partial charge is 0.497 e. The third-order valence-corrected chi connectivity index (χ3v) is 6.91. The van der Waals surface area contributed by atoms with Crippen molar-refractivity contribution in [1.29, 1.82) is 0 Å². The van der Waals surface area contributed by atoms with E-state index in [0.717, 1.165) is 29.8 Å². The Labute approximate surface area is 215 Å². The number of rotatable bonds is 6. The van der Waals surface area contributed by atoms with Crippen LogP contribution in [-0.2, 0) is 16.0 Å². The minimum absolute atomic E-state index is 0.128. The molecule has 0 unspecified atom stereocenters. The van der Waals surface area contributed by atoms with E-state index in [1.165, 1.54) is 0 Å². The van der Waals surface area contributed by atoms with Crippen molar-refractivity contribution in [2.24, 2.45) is 0 Å². The molecule has 1 aromatic heterocycles. The van der Waals surface area contributed by atoms with E-state index < -0.39 is 5.97 Å². The van der Waals surface area contributed by atoms with Crippen molar-refractivity contribution >= 4 is 29.2 Å². The standard InChI is InChI=1S/C28H30N4O5/c1-4-37-28(35)25-22-14-16-31(20-10-8-19(9-11-20)30-15-6-5-7-24(30)33)27(34)26(22)32(29-25)23-13-12-21(36-3)17-18(23)2/h8-13,17H,4-7,14-16H2,1-3H3. The highest BCUT2D eigenvalue weighted by atomic mass is 16.5. The summed E-state index contributed by atoms with van der Waals surface area (Å²) in [5.74, 6) is 0.0258. The number of fused-ring (bicyclic) bond motifs is 1. The number of methoxy groups -OCH3 is 1. The molecule has 2 aromatic carbocycles.